The fraction of sp³-hybridized carbons (Fsp3) is 0.500. The summed E-state index contributed by atoms with van der Waals surface area (Å²) in [5.74, 6) is 0. The van der Waals surface area contributed by atoms with Gasteiger partial charge in [-0.2, -0.15) is 11.8 Å². The van der Waals surface area contributed by atoms with Crippen molar-refractivity contribution in [1.82, 2.24) is 0 Å². The largest absolute Gasteiger partial charge is 0.383 e. The van der Waals surface area contributed by atoms with Gasteiger partial charge in [0.2, 0.25) is 10.0 Å². The van der Waals surface area contributed by atoms with Crippen LogP contribution >= 0.6 is 11.8 Å². The van der Waals surface area contributed by atoms with Crippen LogP contribution in [0.5, 0.6) is 0 Å². The molecule has 0 amide bonds. The molecule has 1 fully saturated rings. The van der Waals surface area contributed by atoms with Gasteiger partial charge in [-0.05, 0) is 31.2 Å². The summed E-state index contributed by atoms with van der Waals surface area (Å²) < 4.78 is 23.2. The third kappa shape index (κ3) is 2.81. The van der Waals surface area contributed by atoms with E-state index in [1.165, 1.54) is 25.3 Å². The molecule has 1 saturated carbocycles. The van der Waals surface area contributed by atoms with Gasteiger partial charge < -0.3 is 5.32 Å². The lowest BCUT2D eigenvalue weighted by Crippen LogP contribution is -2.40. The van der Waals surface area contributed by atoms with E-state index < -0.39 is 10.0 Å². The molecule has 1 aromatic rings. The van der Waals surface area contributed by atoms with Crippen molar-refractivity contribution in [2.75, 3.05) is 18.1 Å². The molecule has 0 aromatic heterocycles. The van der Waals surface area contributed by atoms with Crippen molar-refractivity contribution >= 4 is 27.5 Å². The van der Waals surface area contributed by atoms with Crippen LogP contribution in [-0.4, -0.2) is 26.0 Å². The SMILES string of the molecule is CSC1(CNc2ccccc2S(N)(=O)=O)CCC1. The van der Waals surface area contributed by atoms with Crippen molar-refractivity contribution in [3.63, 3.8) is 0 Å². The molecular weight excluding hydrogens is 268 g/mol. The molecule has 0 heterocycles. The molecule has 0 radical (unpaired) electrons. The van der Waals surface area contributed by atoms with Crippen molar-refractivity contribution in [1.29, 1.82) is 0 Å². The van der Waals surface area contributed by atoms with E-state index in [9.17, 15) is 8.42 Å². The van der Waals surface area contributed by atoms with Gasteiger partial charge in [0, 0.05) is 11.3 Å². The predicted octanol–water partition coefficient (Wildman–Crippen LogP) is 2.03. The minimum Gasteiger partial charge on any atom is -0.383 e. The number of rotatable bonds is 5. The van der Waals surface area contributed by atoms with Crippen LogP contribution in [0.1, 0.15) is 19.3 Å². The zero-order valence-electron chi connectivity index (χ0n) is 10.3. The molecule has 1 aliphatic rings. The van der Waals surface area contributed by atoms with Gasteiger partial charge in [0.15, 0.2) is 0 Å². The summed E-state index contributed by atoms with van der Waals surface area (Å²) in [6.07, 6.45) is 5.71. The van der Waals surface area contributed by atoms with Crippen LogP contribution in [0.25, 0.3) is 0 Å². The lowest BCUT2D eigenvalue weighted by atomic mass is 9.84. The monoisotopic (exact) mass is 286 g/mol. The summed E-state index contributed by atoms with van der Waals surface area (Å²) in [5.41, 5.74) is 0.598. The highest BCUT2D eigenvalue weighted by Crippen LogP contribution is 2.42. The summed E-state index contributed by atoms with van der Waals surface area (Å²) in [7, 11) is -3.67. The Morgan fingerprint density at radius 3 is 2.56 bits per heavy atom. The second-order valence-corrected chi connectivity index (χ2v) is 7.44. The molecule has 18 heavy (non-hydrogen) atoms. The quantitative estimate of drug-likeness (QED) is 0.869. The molecule has 100 valence electrons. The van der Waals surface area contributed by atoms with Gasteiger partial charge in [-0.1, -0.05) is 18.6 Å². The molecule has 0 bridgehead atoms. The van der Waals surface area contributed by atoms with E-state index in [1.54, 1.807) is 12.1 Å². The molecule has 4 nitrogen and oxygen atoms in total. The summed E-state index contributed by atoms with van der Waals surface area (Å²) in [5, 5.41) is 8.44. The number of sulfonamides is 1. The standard InChI is InChI=1S/C12H18N2O2S2/c1-17-12(7-4-8-12)9-14-10-5-2-3-6-11(10)18(13,15)16/h2-3,5-6,14H,4,7-9H2,1H3,(H2,13,15,16). The van der Waals surface area contributed by atoms with Gasteiger partial charge in [-0.25, -0.2) is 13.6 Å². The topological polar surface area (TPSA) is 72.2 Å². The Bertz CT molecular complexity index is 519. The highest BCUT2D eigenvalue weighted by molar-refractivity contribution is 8.00. The minimum atomic E-state index is -3.67. The first-order valence-electron chi connectivity index (χ1n) is 5.88. The number of nitrogens with one attached hydrogen (secondary N) is 1. The van der Waals surface area contributed by atoms with E-state index in [2.05, 4.69) is 11.6 Å². The smallest absolute Gasteiger partial charge is 0.240 e. The first kappa shape index (κ1) is 13.7. The van der Waals surface area contributed by atoms with Gasteiger partial charge >= 0.3 is 0 Å². The molecule has 2 rings (SSSR count). The Morgan fingerprint density at radius 2 is 2.06 bits per heavy atom. The van der Waals surface area contributed by atoms with Crippen LogP contribution in [0.2, 0.25) is 0 Å². The average molecular weight is 286 g/mol. The first-order chi connectivity index (χ1) is 8.47. The second kappa shape index (κ2) is 5.11. The molecule has 0 spiro atoms. The van der Waals surface area contributed by atoms with Gasteiger partial charge in [-0.3, -0.25) is 0 Å². The lowest BCUT2D eigenvalue weighted by Gasteiger charge is -2.40. The third-order valence-corrected chi connectivity index (χ3v) is 5.88. The van der Waals surface area contributed by atoms with Crippen molar-refractivity contribution in [2.24, 2.45) is 5.14 Å². The molecule has 6 heteroatoms. The molecule has 0 atom stereocenters. The van der Waals surface area contributed by atoms with Crippen LogP contribution in [0.4, 0.5) is 5.69 Å². The molecule has 0 saturated heterocycles. The number of thioether (sulfide) groups is 1. The number of benzene rings is 1. The Kier molecular flexibility index (Phi) is 3.89. The van der Waals surface area contributed by atoms with Gasteiger partial charge in [0.1, 0.15) is 4.90 Å². The fourth-order valence-corrected chi connectivity index (χ4v) is 3.77. The number of nitrogens with two attached hydrogens (primary N) is 1. The zero-order chi connectivity index (χ0) is 13.2. The van der Waals surface area contributed by atoms with Gasteiger partial charge in [0.05, 0.1) is 5.69 Å². The predicted molar refractivity (Wildman–Crippen MR) is 76.4 cm³/mol. The van der Waals surface area contributed by atoms with Crippen LogP contribution in [0, 0.1) is 0 Å². The fourth-order valence-electron chi connectivity index (χ4n) is 2.14. The molecule has 1 aromatic carbocycles. The number of hydrogen-bond donors (Lipinski definition) is 2. The highest BCUT2D eigenvalue weighted by Gasteiger charge is 2.36. The van der Waals surface area contributed by atoms with Crippen LogP contribution in [-0.2, 0) is 10.0 Å². The second-order valence-electron chi connectivity index (χ2n) is 4.64. The minimum absolute atomic E-state index is 0.167. The van der Waals surface area contributed by atoms with E-state index >= 15 is 0 Å². The van der Waals surface area contributed by atoms with E-state index in [0.717, 1.165) is 6.54 Å². The molecular formula is C12H18N2O2S2. The average Bonchev–Trinajstić information content (AvgIpc) is 2.27. The highest BCUT2D eigenvalue weighted by atomic mass is 32.2. The van der Waals surface area contributed by atoms with E-state index in [1.807, 2.05) is 17.8 Å². The summed E-state index contributed by atoms with van der Waals surface area (Å²) in [4.78, 5) is 0.167. The Hall–Kier alpha value is -0.720. The molecule has 1 aliphatic carbocycles. The lowest BCUT2D eigenvalue weighted by molar-refractivity contribution is 0.379. The summed E-state index contributed by atoms with van der Waals surface area (Å²) in [6, 6.07) is 6.78. The van der Waals surface area contributed by atoms with Crippen molar-refractivity contribution in [2.45, 2.75) is 28.9 Å². The van der Waals surface area contributed by atoms with E-state index in [0.29, 0.717) is 5.69 Å². The zero-order valence-corrected chi connectivity index (χ0v) is 12.0. The number of primary sulfonamides is 1. The van der Waals surface area contributed by atoms with E-state index in [-0.39, 0.29) is 9.64 Å². The van der Waals surface area contributed by atoms with Crippen molar-refractivity contribution < 1.29 is 8.42 Å². The Morgan fingerprint density at radius 1 is 1.39 bits per heavy atom. The third-order valence-electron chi connectivity index (χ3n) is 3.49. The Balaban J connectivity index is 2.15. The van der Waals surface area contributed by atoms with Crippen molar-refractivity contribution in [3.05, 3.63) is 24.3 Å². The summed E-state index contributed by atoms with van der Waals surface area (Å²) >= 11 is 1.85. The summed E-state index contributed by atoms with van der Waals surface area (Å²) in [6.45, 7) is 0.778. The van der Waals surface area contributed by atoms with Gasteiger partial charge in [0.25, 0.3) is 0 Å². The maximum absolute atomic E-state index is 11.5. The number of hydrogen-bond acceptors (Lipinski definition) is 4. The van der Waals surface area contributed by atoms with Crippen LogP contribution < -0.4 is 10.5 Å². The molecule has 0 aliphatic heterocycles. The van der Waals surface area contributed by atoms with E-state index in [4.69, 9.17) is 5.14 Å². The number of para-hydroxylation sites is 1. The maximum atomic E-state index is 11.5. The van der Waals surface area contributed by atoms with Crippen LogP contribution in [0.3, 0.4) is 0 Å². The molecule has 3 N–H and O–H groups in total. The molecule has 0 unspecified atom stereocenters. The Labute approximate surface area is 112 Å². The first-order valence-corrected chi connectivity index (χ1v) is 8.65. The van der Waals surface area contributed by atoms with Gasteiger partial charge in [-0.15, -0.1) is 0 Å². The van der Waals surface area contributed by atoms with Crippen molar-refractivity contribution in [3.8, 4) is 0 Å². The van der Waals surface area contributed by atoms with Crippen LogP contribution in [0.15, 0.2) is 29.2 Å². The number of anilines is 1. The maximum Gasteiger partial charge on any atom is 0.240 e. The normalized spacial score (nSPS) is 18.1.